The predicted octanol–water partition coefficient (Wildman–Crippen LogP) is 0.460. The van der Waals surface area contributed by atoms with Crippen molar-refractivity contribution in [2.45, 2.75) is 18.7 Å². The fraction of sp³-hybridized carbons (Fsp3) is 0.545. The van der Waals surface area contributed by atoms with Crippen LogP contribution in [0.4, 0.5) is 4.39 Å². The highest BCUT2D eigenvalue weighted by atomic mass is 19.1. The molecule has 0 spiro atoms. The van der Waals surface area contributed by atoms with Crippen molar-refractivity contribution in [3.63, 3.8) is 0 Å². The van der Waals surface area contributed by atoms with Crippen molar-refractivity contribution in [2.75, 3.05) is 20.2 Å². The molecule has 1 aliphatic rings. The van der Waals surface area contributed by atoms with Gasteiger partial charge in [0.15, 0.2) is 11.5 Å². The number of carbonyl (C=O) groups is 2. The van der Waals surface area contributed by atoms with Gasteiger partial charge >= 0.3 is 5.97 Å². The summed E-state index contributed by atoms with van der Waals surface area (Å²) in [5.74, 6) is -1.73. The smallest absolute Gasteiger partial charge is 0.343 e. The minimum Gasteiger partial charge on any atom is -0.479 e. The number of aromatic nitrogens is 1. The lowest BCUT2D eigenvalue weighted by Gasteiger charge is -2.16. The van der Waals surface area contributed by atoms with Crippen LogP contribution in [-0.2, 0) is 16.1 Å². The van der Waals surface area contributed by atoms with Crippen molar-refractivity contribution in [1.82, 2.24) is 10.1 Å². The molecule has 1 aromatic heterocycles. The molecule has 19 heavy (non-hydrogen) atoms. The molecule has 0 aliphatic carbocycles. The number of amides is 1. The number of hydrogen-bond donors (Lipinski definition) is 1. The van der Waals surface area contributed by atoms with E-state index in [9.17, 15) is 14.0 Å². The number of aliphatic carboxylic acids is 1. The lowest BCUT2D eigenvalue weighted by Crippen LogP contribution is -2.39. The summed E-state index contributed by atoms with van der Waals surface area (Å²) in [4.78, 5) is 23.8. The zero-order valence-electron chi connectivity index (χ0n) is 10.3. The molecule has 1 aromatic rings. The molecule has 104 valence electrons. The molecule has 1 fully saturated rings. The van der Waals surface area contributed by atoms with Gasteiger partial charge in [0.05, 0.1) is 6.54 Å². The fourth-order valence-electron chi connectivity index (χ4n) is 1.91. The Morgan fingerprint density at radius 1 is 1.68 bits per heavy atom. The minimum atomic E-state index is -2.38. The van der Waals surface area contributed by atoms with Crippen LogP contribution in [0.1, 0.15) is 22.7 Å². The number of halogens is 1. The first-order chi connectivity index (χ1) is 8.96. The molecule has 1 N–H and O–H groups in total. The van der Waals surface area contributed by atoms with Crippen molar-refractivity contribution < 1.29 is 28.3 Å². The molecule has 1 atom stereocenters. The van der Waals surface area contributed by atoms with Crippen molar-refractivity contribution in [1.29, 1.82) is 0 Å². The maximum absolute atomic E-state index is 13.8. The summed E-state index contributed by atoms with van der Waals surface area (Å²) in [5, 5.41) is 12.3. The van der Waals surface area contributed by atoms with Gasteiger partial charge < -0.3 is 19.3 Å². The molecule has 7 nitrogen and oxygen atoms in total. The Labute approximate surface area is 107 Å². The van der Waals surface area contributed by atoms with Gasteiger partial charge in [0.1, 0.15) is 6.61 Å². The van der Waals surface area contributed by atoms with Crippen LogP contribution in [0.25, 0.3) is 0 Å². The van der Waals surface area contributed by atoms with Gasteiger partial charge in [-0.05, 0) is 0 Å². The second kappa shape index (κ2) is 4.96. The van der Waals surface area contributed by atoms with E-state index >= 15 is 0 Å². The van der Waals surface area contributed by atoms with Gasteiger partial charge in [0.25, 0.3) is 5.91 Å². The lowest BCUT2D eigenvalue weighted by molar-refractivity contribution is -0.149. The Balaban J connectivity index is 2.06. The van der Waals surface area contributed by atoms with E-state index in [1.807, 2.05) is 0 Å². The molecule has 0 aromatic carbocycles. The maximum atomic E-state index is 13.8. The number of alkyl halides is 1. The number of rotatable bonds is 4. The van der Waals surface area contributed by atoms with E-state index in [1.165, 1.54) is 13.2 Å². The number of carboxylic acids is 1. The highest BCUT2D eigenvalue weighted by Crippen LogP contribution is 2.27. The second-order valence-corrected chi connectivity index (χ2v) is 4.36. The van der Waals surface area contributed by atoms with E-state index in [4.69, 9.17) is 14.4 Å². The van der Waals surface area contributed by atoms with Gasteiger partial charge in [0, 0.05) is 26.1 Å². The van der Waals surface area contributed by atoms with E-state index in [1.54, 1.807) is 0 Å². The molecular weight excluding hydrogens is 259 g/mol. The Morgan fingerprint density at radius 2 is 2.42 bits per heavy atom. The van der Waals surface area contributed by atoms with E-state index in [2.05, 4.69) is 5.16 Å². The first-order valence-corrected chi connectivity index (χ1v) is 5.62. The van der Waals surface area contributed by atoms with Crippen molar-refractivity contribution >= 4 is 11.9 Å². The van der Waals surface area contributed by atoms with Crippen LogP contribution in [0.15, 0.2) is 10.6 Å². The van der Waals surface area contributed by atoms with Crippen LogP contribution in [0.2, 0.25) is 0 Å². The van der Waals surface area contributed by atoms with Crippen LogP contribution in [-0.4, -0.2) is 52.9 Å². The third kappa shape index (κ3) is 2.58. The topological polar surface area (TPSA) is 92.9 Å². The zero-order valence-corrected chi connectivity index (χ0v) is 10.3. The van der Waals surface area contributed by atoms with E-state index in [-0.39, 0.29) is 25.3 Å². The molecule has 1 saturated heterocycles. The number of likely N-dealkylation sites (tertiary alicyclic amines) is 1. The third-order valence-corrected chi connectivity index (χ3v) is 2.95. The van der Waals surface area contributed by atoms with Crippen LogP contribution in [0.5, 0.6) is 0 Å². The van der Waals surface area contributed by atoms with Crippen LogP contribution < -0.4 is 0 Å². The lowest BCUT2D eigenvalue weighted by atomic mass is 10.1. The fourth-order valence-corrected chi connectivity index (χ4v) is 1.91. The minimum absolute atomic E-state index is 0.0155. The maximum Gasteiger partial charge on any atom is 0.343 e. The number of ether oxygens (including phenoxy) is 1. The molecule has 1 unspecified atom stereocenters. The summed E-state index contributed by atoms with van der Waals surface area (Å²) >= 11 is 0. The number of carbonyl (C=O) groups excluding carboxylic acids is 1. The van der Waals surface area contributed by atoms with Crippen LogP contribution in [0, 0.1) is 0 Å². The Bertz CT molecular complexity index is 503. The van der Waals surface area contributed by atoms with Gasteiger partial charge in [-0.1, -0.05) is 5.16 Å². The summed E-state index contributed by atoms with van der Waals surface area (Å²) in [6.07, 6.45) is -0.225. The molecule has 0 radical (unpaired) electrons. The quantitative estimate of drug-likeness (QED) is 0.856. The molecule has 1 amide bonds. The molecule has 8 heteroatoms. The van der Waals surface area contributed by atoms with E-state index < -0.39 is 24.1 Å². The average Bonchev–Trinajstić information content (AvgIpc) is 2.97. The summed E-state index contributed by atoms with van der Waals surface area (Å²) < 4.78 is 23.5. The van der Waals surface area contributed by atoms with Crippen LogP contribution >= 0.6 is 0 Å². The predicted molar refractivity (Wildman–Crippen MR) is 59.2 cm³/mol. The Kier molecular flexibility index (Phi) is 3.52. The van der Waals surface area contributed by atoms with Gasteiger partial charge in [-0.15, -0.1) is 0 Å². The van der Waals surface area contributed by atoms with Crippen molar-refractivity contribution in [3.05, 3.63) is 17.5 Å². The molecule has 0 bridgehead atoms. The molecule has 1 aliphatic heterocycles. The van der Waals surface area contributed by atoms with Crippen molar-refractivity contribution in [3.8, 4) is 0 Å². The Hall–Kier alpha value is -1.96. The summed E-state index contributed by atoms with van der Waals surface area (Å²) in [6.45, 7) is -0.274. The summed E-state index contributed by atoms with van der Waals surface area (Å²) in [7, 11) is 1.47. The van der Waals surface area contributed by atoms with Gasteiger partial charge in [-0.2, -0.15) is 0 Å². The second-order valence-electron chi connectivity index (χ2n) is 4.36. The normalized spacial score (nSPS) is 22.7. The van der Waals surface area contributed by atoms with Crippen LogP contribution in [0.3, 0.4) is 0 Å². The highest BCUT2D eigenvalue weighted by molar-refractivity contribution is 5.93. The van der Waals surface area contributed by atoms with Crippen molar-refractivity contribution in [2.24, 2.45) is 0 Å². The third-order valence-electron chi connectivity index (χ3n) is 2.95. The summed E-state index contributed by atoms with van der Waals surface area (Å²) in [5.41, 5.74) is -2.36. The Morgan fingerprint density at radius 3 is 3.00 bits per heavy atom. The zero-order chi connectivity index (χ0) is 14.0. The first kappa shape index (κ1) is 13.5. The summed E-state index contributed by atoms with van der Waals surface area (Å²) in [6, 6.07) is 1.39. The van der Waals surface area contributed by atoms with Gasteiger partial charge in [0.2, 0.25) is 5.67 Å². The monoisotopic (exact) mass is 272 g/mol. The first-order valence-electron chi connectivity index (χ1n) is 5.62. The molecular formula is C11H13FN2O5. The molecule has 0 saturated carbocycles. The average molecular weight is 272 g/mol. The number of hydrogen-bond acceptors (Lipinski definition) is 5. The molecule has 2 heterocycles. The number of methoxy groups -OCH3 is 1. The highest BCUT2D eigenvalue weighted by Gasteiger charge is 2.47. The van der Waals surface area contributed by atoms with E-state index in [0.717, 1.165) is 4.90 Å². The largest absolute Gasteiger partial charge is 0.479 e. The standard InChI is InChI=1S/C11H13FN2O5/c1-18-5-7-4-8(13-19-7)9(15)14-3-2-11(12,6-14)10(16)17/h4H,2-3,5-6H2,1H3,(H,16,17). The molecule has 2 rings (SSSR count). The number of carboxylic acid groups (broad SMARTS) is 1. The van der Waals surface area contributed by atoms with Gasteiger partial charge in [-0.3, -0.25) is 4.79 Å². The van der Waals surface area contributed by atoms with Gasteiger partial charge in [-0.25, -0.2) is 9.18 Å². The SMILES string of the molecule is COCc1cc(C(=O)N2CCC(F)(C(=O)O)C2)no1. The number of nitrogens with zero attached hydrogens (tertiary/aromatic N) is 2. The van der Waals surface area contributed by atoms with E-state index in [0.29, 0.717) is 5.76 Å².